The first-order chi connectivity index (χ1) is 16.3. The van der Waals surface area contributed by atoms with Crippen molar-refractivity contribution in [3.8, 4) is 0 Å². The number of allylic oxidation sites excluding steroid dienone is 5. The van der Waals surface area contributed by atoms with Gasteiger partial charge in [-0.1, -0.05) is 60.6 Å². The highest BCUT2D eigenvalue weighted by atomic mass is 16.5. The molecular formula is C28H42N2O4. The topological polar surface area (TPSA) is 76.7 Å². The molecule has 2 aliphatic rings. The zero-order valence-electron chi connectivity index (χ0n) is 21.8. The molecule has 0 bridgehead atoms. The molecule has 3 rings (SSSR count). The number of benzene rings is 1. The lowest BCUT2D eigenvalue weighted by Crippen LogP contribution is -2.20. The third kappa shape index (κ3) is 10.1. The van der Waals surface area contributed by atoms with Gasteiger partial charge in [-0.25, -0.2) is 0 Å². The number of rotatable bonds is 8. The van der Waals surface area contributed by atoms with Crippen LogP contribution in [0.2, 0.25) is 0 Å². The summed E-state index contributed by atoms with van der Waals surface area (Å²) in [6.45, 7) is 9.92. The SMILES string of the molecule is CC/C(C)=C(/C=C(C)\C=C(/C)C(=O)NC)Cc1ccccc1.COC.O=CNC1C2COCC21. The number of carbonyl (C=O) groups excluding carboxylic acids is 2. The normalized spacial score (nSPS) is 21.6. The molecular weight excluding hydrogens is 428 g/mol. The minimum absolute atomic E-state index is 0.0337. The molecule has 1 saturated carbocycles. The zero-order valence-corrected chi connectivity index (χ0v) is 21.8. The van der Waals surface area contributed by atoms with E-state index >= 15 is 0 Å². The van der Waals surface area contributed by atoms with Crippen LogP contribution in [0.25, 0.3) is 0 Å². The monoisotopic (exact) mass is 470 g/mol. The molecule has 6 heteroatoms. The zero-order chi connectivity index (χ0) is 25.5. The van der Waals surface area contributed by atoms with E-state index in [0.717, 1.165) is 43.6 Å². The van der Waals surface area contributed by atoms with E-state index in [9.17, 15) is 9.59 Å². The number of amides is 2. The summed E-state index contributed by atoms with van der Waals surface area (Å²) in [7, 11) is 4.90. The smallest absolute Gasteiger partial charge is 0.246 e. The number of hydrogen-bond donors (Lipinski definition) is 2. The third-order valence-electron chi connectivity index (χ3n) is 5.96. The van der Waals surface area contributed by atoms with Crippen LogP contribution in [0.4, 0.5) is 0 Å². The van der Waals surface area contributed by atoms with Crippen molar-refractivity contribution in [2.24, 2.45) is 11.8 Å². The van der Waals surface area contributed by atoms with E-state index in [2.05, 4.69) is 59.6 Å². The molecule has 2 unspecified atom stereocenters. The number of ether oxygens (including phenoxy) is 2. The highest BCUT2D eigenvalue weighted by Crippen LogP contribution is 2.43. The summed E-state index contributed by atoms with van der Waals surface area (Å²) in [6.07, 6.45) is 6.86. The van der Waals surface area contributed by atoms with Crippen LogP contribution in [-0.4, -0.2) is 52.8 Å². The van der Waals surface area contributed by atoms with Gasteiger partial charge in [0.2, 0.25) is 12.3 Å². The van der Waals surface area contributed by atoms with E-state index in [1.54, 1.807) is 21.3 Å². The molecule has 1 saturated heterocycles. The van der Waals surface area contributed by atoms with E-state index in [1.807, 2.05) is 26.0 Å². The summed E-state index contributed by atoms with van der Waals surface area (Å²) < 4.78 is 9.38. The van der Waals surface area contributed by atoms with Gasteiger partial charge in [-0.3, -0.25) is 9.59 Å². The quantitative estimate of drug-likeness (QED) is 0.339. The Kier molecular flexibility index (Phi) is 13.8. The molecule has 0 radical (unpaired) electrons. The number of hydrogen-bond acceptors (Lipinski definition) is 4. The van der Waals surface area contributed by atoms with Crippen LogP contribution < -0.4 is 10.6 Å². The average Bonchev–Trinajstić information content (AvgIpc) is 3.25. The molecule has 1 aliphatic heterocycles. The maximum absolute atomic E-state index is 11.6. The van der Waals surface area contributed by atoms with E-state index in [0.29, 0.717) is 17.9 Å². The fraction of sp³-hybridized carbons (Fsp3) is 0.500. The highest BCUT2D eigenvalue weighted by Gasteiger charge is 2.53. The van der Waals surface area contributed by atoms with Gasteiger partial charge < -0.3 is 20.1 Å². The molecule has 1 aromatic rings. The van der Waals surface area contributed by atoms with Gasteiger partial charge in [0.1, 0.15) is 0 Å². The van der Waals surface area contributed by atoms with Gasteiger partial charge >= 0.3 is 0 Å². The van der Waals surface area contributed by atoms with Crippen LogP contribution in [0, 0.1) is 11.8 Å². The van der Waals surface area contributed by atoms with E-state index in [4.69, 9.17) is 4.74 Å². The number of carbonyl (C=O) groups is 2. The highest BCUT2D eigenvalue weighted by molar-refractivity contribution is 5.93. The van der Waals surface area contributed by atoms with Crippen molar-refractivity contribution in [3.63, 3.8) is 0 Å². The van der Waals surface area contributed by atoms with Crippen molar-refractivity contribution in [1.29, 1.82) is 0 Å². The van der Waals surface area contributed by atoms with Gasteiger partial charge in [-0.15, -0.1) is 0 Å². The Morgan fingerprint density at radius 2 is 1.68 bits per heavy atom. The number of fused-ring (bicyclic) bond motifs is 1. The summed E-state index contributed by atoms with van der Waals surface area (Å²) in [5.41, 5.74) is 5.84. The summed E-state index contributed by atoms with van der Waals surface area (Å²) in [4.78, 5) is 21.5. The fourth-order valence-electron chi connectivity index (χ4n) is 3.85. The Morgan fingerprint density at radius 3 is 2.18 bits per heavy atom. The van der Waals surface area contributed by atoms with Crippen molar-refractivity contribution in [1.82, 2.24) is 10.6 Å². The first-order valence-corrected chi connectivity index (χ1v) is 11.8. The van der Waals surface area contributed by atoms with E-state index < -0.39 is 0 Å². The number of methoxy groups -OCH3 is 1. The van der Waals surface area contributed by atoms with Crippen LogP contribution in [0.15, 0.2) is 64.8 Å². The molecule has 0 spiro atoms. The molecule has 2 N–H and O–H groups in total. The first kappa shape index (κ1) is 29.3. The van der Waals surface area contributed by atoms with Crippen molar-refractivity contribution in [2.75, 3.05) is 34.5 Å². The van der Waals surface area contributed by atoms with Crippen LogP contribution in [0.3, 0.4) is 0 Å². The van der Waals surface area contributed by atoms with Crippen molar-refractivity contribution in [2.45, 2.75) is 46.6 Å². The summed E-state index contributed by atoms with van der Waals surface area (Å²) in [5, 5.41) is 5.41. The molecule has 188 valence electrons. The second kappa shape index (κ2) is 16.0. The maximum atomic E-state index is 11.6. The minimum Gasteiger partial charge on any atom is -0.388 e. The molecule has 2 amide bonds. The molecule has 1 heterocycles. The predicted octanol–water partition coefficient (Wildman–Crippen LogP) is 4.23. The minimum atomic E-state index is -0.0337. The van der Waals surface area contributed by atoms with Crippen LogP contribution in [0.5, 0.6) is 0 Å². The largest absolute Gasteiger partial charge is 0.388 e. The van der Waals surface area contributed by atoms with Crippen molar-refractivity contribution in [3.05, 3.63) is 70.3 Å². The van der Waals surface area contributed by atoms with Crippen molar-refractivity contribution < 1.29 is 19.1 Å². The third-order valence-corrected chi connectivity index (χ3v) is 5.96. The summed E-state index contributed by atoms with van der Waals surface area (Å²) in [6, 6.07) is 10.9. The average molecular weight is 471 g/mol. The number of nitrogens with one attached hydrogen (secondary N) is 2. The molecule has 34 heavy (non-hydrogen) atoms. The Morgan fingerprint density at radius 1 is 1.09 bits per heavy atom. The molecule has 0 aromatic heterocycles. The van der Waals surface area contributed by atoms with Crippen molar-refractivity contribution >= 4 is 12.3 Å². The lowest BCUT2D eigenvalue weighted by atomic mass is 9.97. The van der Waals surface area contributed by atoms with Gasteiger partial charge in [-0.2, -0.15) is 0 Å². The molecule has 2 atom stereocenters. The van der Waals surface area contributed by atoms with Crippen LogP contribution in [-0.2, 0) is 25.5 Å². The standard InChI is InChI=1S/C20H27NO.C6H9NO2.C2H6O/c1-6-16(3)19(14-18-10-8-7-9-11-18)13-15(2)12-17(4)20(22)21-5;8-3-7-6-4-1-9-2-5(4)6;1-3-2/h7-13H,6,14H2,1-5H3,(H,21,22);3-6H,1-2H2,(H,7,8);1-2H3/b15-13-,17-12+,19-16-;;. The summed E-state index contributed by atoms with van der Waals surface area (Å²) >= 11 is 0. The van der Waals surface area contributed by atoms with Gasteiger partial charge in [-0.05, 0) is 44.7 Å². The molecule has 1 aliphatic carbocycles. The lowest BCUT2D eigenvalue weighted by molar-refractivity contribution is -0.117. The molecule has 1 aromatic carbocycles. The second-order valence-corrected chi connectivity index (χ2v) is 8.70. The summed E-state index contributed by atoms with van der Waals surface area (Å²) in [5.74, 6) is 1.24. The van der Waals surface area contributed by atoms with Gasteiger partial charge in [0.05, 0.1) is 13.2 Å². The lowest BCUT2D eigenvalue weighted by Gasteiger charge is -2.09. The second-order valence-electron chi connectivity index (χ2n) is 8.70. The Hall–Kier alpha value is -2.70. The molecule has 6 nitrogen and oxygen atoms in total. The Labute approximate surface area is 205 Å². The van der Waals surface area contributed by atoms with Gasteiger partial charge in [0.25, 0.3) is 0 Å². The van der Waals surface area contributed by atoms with Gasteiger partial charge in [0, 0.05) is 44.7 Å². The predicted molar refractivity (Wildman–Crippen MR) is 138 cm³/mol. The maximum Gasteiger partial charge on any atom is 0.246 e. The fourth-order valence-corrected chi connectivity index (χ4v) is 3.85. The Bertz CT molecular complexity index is 848. The van der Waals surface area contributed by atoms with E-state index in [1.165, 1.54) is 16.7 Å². The molecule has 2 fully saturated rings. The number of likely N-dealkylation sites (N-methyl/N-ethyl adjacent to an activating group) is 1. The van der Waals surface area contributed by atoms with E-state index in [-0.39, 0.29) is 5.91 Å². The van der Waals surface area contributed by atoms with Gasteiger partial charge in [0.15, 0.2) is 0 Å². The first-order valence-electron chi connectivity index (χ1n) is 11.8. The van der Waals surface area contributed by atoms with Crippen LogP contribution in [0.1, 0.15) is 39.7 Å². The van der Waals surface area contributed by atoms with Crippen LogP contribution >= 0.6 is 0 Å². The Balaban J connectivity index is 0.000000391.